The van der Waals surface area contributed by atoms with E-state index >= 15 is 0 Å². The molecule has 200 valence electrons. The van der Waals surface area contributed by atoms with E-state index in [4.69, 9.17) is 33.2 Å². The Morgan fingerprint density at radius 1 is 0.394 bits per heavy atom. The van der Waals surface area contributed by atoms with E-state index < -0.39 is 11.9 Å². The quantitative estimate of drug-likeness (QED) is 0.0968. The Hall–Kier alpha value is -0.280. The molecule has 0 aliphatic carbocycles. The average molecular weight is 479 g/mol. The number of hydrogen-bond acceptors (Lipinski definition) is 7. The number of rotatable bonds is 26. The third-order valence-corrected chi connectivity index (χ3v) is 5.26. The van der Waals surface area contributed by atoms with Crippen LogP contribution in [0.25, 0.3) is 0 Å². The first-order valence-electron chi connectivity index (χ1n) is 13.4. The minimum absolute atomic E-state index is 0.0141. The minimum Gasteiger partial charge on any atom is -0.329 e. The van der Waals surface area contributed by atoms with Crippen molar-refractivity contribution < 1.29 is 33.2 Å². The number of hydrogen-bond donors (Lipinski definition) is 0. The highest BCUT2D eigenvalue weighted by atomic mass is 16.9. The van der Waals surface area contributed by atoms with Gasteiger partial charge in [0.25, 0.3) is 11.9 Å². The second kappa shape index (κ2) is 22.2. The van der Waals surface area contributed by atoms with Crippen LogP contribution in [0.4, 0.5) is 0 Å². The van der Waals surface area contributed by atoms with Gasteiger partial charge in [0.2, 0.25) is 0 Å². The summed E-state index contributed by atoms with van der Waals surface area (Å²) in [7, 11) is 0. The third-order valence-electron chi connectivity index (χ3n) is 5.26. The summed E-state index contributed by atoms with van der Waals surface area (Å²) < 4.78 is 40.8. The number of unbranched alkanes of at least 4 members (excludes halogenated alkanes) is 8. The van der Waals surface area contributed by atoms with E-state index in [0.717, 1.165) is 77.0 Å². The summed E-state index contributed by atoms with van der Waals surface area (Å²) in [6.45, 7) is 14.6. The van der Waals surface area contributed by atoms with Crippen LogP contribution >= 0.6 is 0 Å². The zero-order chi connectivity index (χ0) is 24.7. The zero-order valence-corrected chi connectivity index (χ0v) is 22.6. The fourth-order valence-electron chi connectivity index (χ4n) is 3.02. The van der Waals surface area contributed by atoms with Gasteiger partial charge in [-0.15, -0.1) is 0 Å². The molecule has 33 heavy (non-hydrogen) atoms. The van der Waals surface area contributed by atoms with E-state index in [9.17, 15) is 0 Å². The molecule has 0 saturated carbocycles. The van der Waals surface area contributed by atoms with Gasteiger partial charge < -0.3 is 33.2 Å². The van der Waals surface area contributed by atoms with Crippen LogP contribution in [0.1, 0.15) is 119 Å². The molecule has 0 aliphatic rings. The van der Waals surface area contributed by atoms with Crippen molar-refractivity contribution in [3.8, 4) is 0 Å². The zero-order valence-electron chi connectivity index (χ0n) is 22.6. The lowest BCUT2D eigenvalue weighted by Crippen LogP contribution is -2.39. The lowest BCUT2D eigenvalue weighted by atomic mass is 10.3. The lowest BCUT2D eigenvalue weighted by molar-refractivity contribution is -0.413. The van der Waals surface area contributed by atoms with Gasteiger partial charge in [-0.3, -0.25) is 0 Å². The summed E-state index contributed by atoms with van der Waals surface area (Å²) in [6, 6.07) is 0. The third kappa shape index (κ3) is 19.7. The van der Waals surface area contributed by atoms with Crippen LogP contribution < -0.4 is 0 Å². The van der Waals surface area contributed by atoms with E-state index in [-0.39, 0.29) is 13.6 Å². The van der Waals surface area contributed by atoms with Gasteiger partial charge in [-0.2, -0.15) is 0 Å². The fraction of sp³-hybridized carbons (Fsp3) is 1.00. The van der Waals surface area contributed by atoms with Crippen LogP contribution in [0.3, 0.4) is 0 Å². The van der Waals surface area contributed by atoms with Crippen molar-refractivity contribution in [3.05, 3.63) is 0 Å². The predicted molar refractivity (Wildman–Crippen MR) is 132 cm³/mol. The molecule has 0 spiro atoms. The molecule has 0 heterocycles. The Bertz CT molecular complexity index is 346. The molecule has 7 heteroatoms. The Morgan fingerprint density at radius 3 is 0.909 bits per heavy atom. The fourth-order valence-corrected chi connectivity index (χ4v) is 3.02. The van der Waals surface area contributed by atoms with E-state index in [1.54, 1.807) is 13.8 Å². The largest absolute Gasteiger partial charge is 0.329 e. The molecule has 0 radical (unpaired) electrons. The maximum absolute atomic E-state index is 5.90. The van der Waals surface area contributed by atoms with Crippen molar-refractivity contribution in [1.29, 1.82) is 0 Å². The van der Waals surface area contributed by atoms with Gasteiger partial charge in [0.05, 0.1) is 26.4 Å². The van der Waals surface area contributed by atoms with E-state index in [2.05, 4.69) is 27.7 Å². The van der Waals surface area contributed by atoms with Crippen molar-refractivity contribution in [1.82, 2.24) is 0 Å². The number of ether oxygens (including phenoxy) is 7. The van der Waals surface area contributed by atoms with Crippen LogP contribution in [0, 0.1) is 0 Å². The second-order valence-corrected chi connectivity index (χ2v) is 8.68. The van der Waals surface area contributed by atoms with Crippen LogP contribution in [0.5, 0.6) is 0 Å². The molecule has 0 aliphatic heterocycles. The van der Waals surface area contributed by atoms with Gasteiger partial charge >= 0.3 is 0 Å². The summed E-state index contributed by atoms with van der Waals surface area (Å²) >= 11 is 0. The highest BCUT2D eigenvalue weighted by Crippen LogP contribution is 2.19. The maximum Gasteiger partial charge on any atom is 0.281 e. The normalized spacial score (nSPS) is 12.5. The van der Waals surface area contributed by atoms with Crippen molar-refractivity contribution in [3.63, 3.8) is 0 Å². The van der Waals surface area contributed by atoms with Crippen LogP contribution in [-0.4, -0.2) is 52.0 Å². The Kier molecular flexibility index (Phi) is 22.0. The molecule has 0 aromatic heterocycles. The van der Waals surface area contributed by atoms with E-state index in [1.165, 1.54) is 0 Å². The Morgan fingerprint density at radius 2 is 0.667 bits per heavy atom. The van der Waals surface area contributed by atoms with E-state index in [0.29, 0.717) is 26.4 Å². The summed E-state index contributed by atoms with van der Waals surface area (Å²) in [5, 5.41) is 0. The van der Waals surface area contributed by atoms with Crippen LogP contribution in [0.15, 0.2) is 0 Å². The topological polar surface area (TPSA) is 64.6 Å². The molecule has 0 aromatic rings. The summed E-state index contributed by atoms with van der Waals surface area (Å²) in [4.78, 5) is 0. The molecule has 0 atom stereocenters. The summed E-state index contributed by atoms with van der Waals surface area (Å²) in [6.07, 6.45) is 12.9. The SMILES string of the molecule is CCCCCOC(C)(OCCCCC)OCOCOC(C)(OCCCCC)OCCCCC. The van der Waals surface area contributed by atoms with Gasteiger partial charge in [0.15, 0.2) is 13.6 Å². The molecule has 0 bridgehead atoms. The molecule has 0 aromatic carbocycles. The summed E-state index contributed by atoms with van der Waals surface area (Å²) in [5.74, 6) is -2.25. The Labute approximate surface area is 204 Å². The second-order valence-electron chi connectivity index (χ2n) is 8.68. The molecule has 7 nitrogen and oxygen atoms in total. The first kappa shape index (κ1) is 32.7. The first-order chi connectivity index (χ1) is 15.9. The van der Waals surface area contributed by atoms with Crippen molar-refractivity contribution in [2.24, 2.45) is 0 Å². The maximum atomic E-state index is 5.90. The minimum atomic E-state index is -1.13. The average Bonchev–Trinajstić information content (AvgIpc) is 2.80. The monoisotopic (exact) mass is 478 g/mol. The van der Waals surface area contributed by atoms with Crippen LogP contribution in [-0.2, 0) is 33.2 Å². The molecule has 0 N–H and O–H groups in total. The molecular formula is C26H54O7. The highest BCUT2D eigenvalue weighted by molar-refractivity contribution is 4.51. The molecule has 0 amide bonds. The van der Waals surface area contributed by atoms with Crippen LogP contribution in [0.2, 0.25) is 0 Å². The molecule has 0 fully saturated rings. The first-order valence-corrected chi connectivity index (χ1v) is 13.4. The van der Waals surface area contributed by atoms with Gasteiger partial charge in [-0.05, 0) is 25.7 Å². The van der Waals surface area contributed by atoms with Gasteiger partial charge in [-0.1, -0.05) is 79.1 Å². The smallest absolute Gasteiger partial charge is 0.281 e. The van der Waals surface area contributed by atoms with Gasteiger partial charge in [0.1, 0.15) is 0 Å². The van der Waals surface area contributed by atoms with Crippen molar-refractivity contribution >= 4 is 0 Å². The van der Waals surface area contributed by atoms with Gasteiger partial charge in [0, 0.05) is 13.8 Å². The molecule has 0 saturated heterocycles. The van der Waals surface area contributed by atoms with Crippen molar-refractivity contribution in [2.75, 3.05) is 40.0 Å². The summed E-state index contributed by atoms with van der Waals surface area (Å²) in [5.41, 5.74) is 0. The van der Waals surface area contributed by atoms with E-state index in [1.807, 2.05) is 0 Å². The standard InChI is InChI=1S/C26H54O7/c1-7-11-15-19-28-25(5,29-20-16-12-8-2)32-23-27-24-33-26(6,30-21-17-13-9-3)31-22-18-14-10-4/h7-24H2,1-6H3. The molecule has 0 rings (SSSR count). The predicted octanol–water partition coefficient (Wildman–Crippen LogP) is 7.13. The molecule has 0 unspecified atom stereocenters. The Balaban J connectivity index is 4.47. The lowest BCUT2D eigenvalue weighted by Gasteiger charge is -2.31. The van der Waals surface area contributed by atoms with Crippen molar-refractivity contribution in [2.45, 2.75) is 131 Å². The molecular weight excluding hydrogens is 424 g/mol. The highest BCUT2D eigenvalue weighted by Gasteiger charge is 2.29. The van der Waals surface area contributed by atoms with Gasteiger partial charge in [-0.25, -0.2) is 0 Å².